The van der Waals surface area contributed by atoms with E-state index in [1.807, 2.05) is 36.4 Å². The summed E-state index contributed by atoms with van der Waals surface area (Å²) in [4.78, 5) is 12.6. The summed E-state index contributed by atoms with van der Waals surface area (Å²) in [6.45, 7) is 0. The number of hydrogen-bond donors (Lipinski definition) is 1. The largest absolute Gasteiger partial charge is 0.497 e. The molecule has 4 heteroatoms. The van der Waals surface area contributed by atoms with Gasteiger partial charge in [0.25, 0.3) is 5.91 Å². The van der Waals surface area contributed by atoms with Crippen molar-refractivity contribution in [3.05, 3.63) is 59.7 Å². The lowest BCUT2D eigenvalue weighted by molar-refractivity contribution is 0.0931. The Labute approximate surface area is 136 Å². The van der Waals surface area contributed by atoms with Gasteiger partial charge in [0, 0.05) is 5.56 Å². The molecule has 0 heterocycles. The first-order valence-corrected chi connectivity index (χ1v) is 7.80. The minimum atomic E-state index is -0.0726. The van der Waals surface area contributed by atoms with E-state index in [-0.39, 0.29) is 11.9 Å². The van der Waals surface area contributed by atoms with Crippen molar-refractivity contribution in [2.24, 2.45) is 5.92 Å². The van der Waals surface area contributed by atoms with Crippen molar-refractivity contribution in [2.45, 2.75) is 18.9 Å². The zero-order chi connectivity index (χ0) is 16.2. The molecule has 0 aliphatic heterocycles. The molecule has 2 aromatic carbocycles. The fourth-order valence-corrected chi connectivity index (χ4v) is 2.70. The normalized spacial score (nSPS) is 14.9. The molecule has 1 fully saturated rings. The van der Waals surface area contributed by atoms with E-state index >= 15 is 0 Å². The first kappa shape index (κ1) is 15.4. The lowest BCUT2D eigenvalue weighted by Gasteiger charge is -2.19. The molecule has 0 radical (unpaired) electrons. The first-order valence-electron chi connectivity index (χ1n) is 7.80. The van der Waals surface area contributed by atoms with Crippen LogP contribution in [0.25, 0.3) is 0 Å². The molecule has 120 valence electrons. The number of benzene rings is 2. The van der Waals surface area contributed by atoms with Crippen LogP contribution < -0.4 is 14.8 Å². The van der Waals surface area contributed by atoms with E-state index in [9.17, 15) is 4.79 Å². The van der Waals surface area contributed by atoms with E-state index in [0.717, 1.165) is 24.2 Å². The zero-order valence-corrected chi connectivity index (χ0v) is 13.4. The molecule has 2 aromatic rings. The summed E-state index contributed by atoms with van der Waals surface area (Å²) in [5.41, 5.74) is 1.73. The number of methoxy groups -OCH3 is 2. The predicted molar refractivity (Wildman–Crippen MR) is 88.9 cm³/mol. The SMILES string of the molecule is COc1ccc(C(NC(=O)c2cccc(OC)c2)C2CC2)cc1. The van der Waals surface area contributed by atoms with Crippen LogP contribution in [0.5, 0.6) is 11.5 Å². The highest BCUT2D eigenvalue weighted by molar-refractivity contribution is 5.94. The average molecular weight is 311 g/mol. The molecule has 0 saturated heterocycles. The van der Waals surface area contributed by atoms with Gasteiger partial charge in [-0.25, -0.2) is 0 Å². The lowest BCUT2D eigenvalue weighted by Crippen LogP contribution is -2.29. The van der Waals surface area contributed by atoms with Gasteiger partial charge in [-0.3, -0.25) is 4.79 Å². The lowest BCUT2D eigenvalue weighted by atomic mass is 10.0. The van der Waals surface area contributed by atoms with Crippen LogP contribution in [0.3, 0.4) is 0 Å². The summed E-state index contributed by atoms with van der Waals surface area (Å²) in [6, 6.07) is 15.2. The van der Waals surface area contributed by atoms with Gasteiger partial charge in [0.05, 0.1) is 20.3 Å². The fourth-order valence-electron chi connectivity index (χ4n) is 2.70. The highest BCUT2D eigenvalue weighted by Gasteiger charge is 2.33. The number of carbonyl (C=O) groups excluding carboxylic acids is 1. The maximum atomic E-state index is 12.6. The Kier molecular flexibility index (Phi) is 4.51. The van der Waals surface area contributed by atoms with Crippen LogP contribution in [0, 0.1) is 5.92 Å². The molecule has 1 atom stereocenters. The van der Waals surface area contributed by atoms with Gasteiger partial charge in [0.1, 0.15) is 11.5 Å². The van der Waals surface area contributed by atoms with Crippen molar-refractivity contribution < 1.29 is 14.3 Å². The van der Waals surface area contributed by atoms with E-state index in [4.69, 9.17) is 9.47 Å². The summed E-state index contributed by atoms with van der Waals surface area (Å²) < 4.78 is 10.4. The second kappa shape index (κ2) is 6.73. The molecule has 1 aliphatic rings. The first-order chi connectivity index (χ1) is 11.2. The molecule has 23 heavy (non-hydrogen) atoms. The van der Waals surface area contributed by atoms with Crippen LogP contribution in [0.4, 0.5) is 0 Å². The molecule has 1 unspecified atom stereocenters. The van der Waals surface area contributed by atoms with E-state index < -0.39 is 0 Å². The smallest absolute Gasteiger partial charge is 0.251 e. The molecule has 1 saturated carbocycles. The third-order valence-corrected chi connectivity index (χ3v) is 4.19. The Morgan fingerprint density at radius 1 is 1.04 bits per heavy atom. The Balaban J connectivity index is 1.77. The quantitative estimate of drug-likeness (QED) is 0.887. The van der Waals surface area contributed by atoms with Crippen molar-refractivity contribution >= 4 is 5.91 Å². The number of carbonyl (C=O) groups is 1. The number of nitrogens with one attached hydrogen (secondary N) is 1. The van der Waals surface area contributed by atoms with Crippen LogP contribution in [0.1, 0.15) is 34.8 Å². The molecule has 1 N–H and O–H groups in total. The molecular formula is C19H21NO3. The van der Waals surface area contributed by atoms with Crippen molar-refractivity contribution in [3.8, 4) is 11.5 Å². The second-order valence-corrected chi connectivity index (χ2v) is 5.79. The zero-order valence-electron chi connectivity index (χ0n) is 13.4. The van der Waals surface area contributed by atoms with Crippen LogP contribution in [-0.2, 0) is 0 Å². The van der Waals surface area contributed by atoms with Gasteiger partial charge in [-0.1, -0.05) is 18.2 Å². The van der Waals surface area contributed by atoms with Crippen molar-refractivity contribution in [1.82, 2.24) is 5.32 Å². The number of rotatable bonds is 6. The van der Waals surface area contributed by atoms with Gasteiger partial charge >= 0.3 is 0 Å². The molecule has 0 aromatic heterocycles. The number of amides is 1. The number of ether oxygens (including phenoxy) is 2. The Bertz CT molecular complexity index is 677. The van der Waals surface area contributed by atoms with Crippen molar-refractivity contribution in [1.29, 1.82) is 0 Å². The van der Waals surface area contributed by atoms with Gasteiger partial charge in [-0.05, 0) is 54.7 Å². The third kappa shape index (κ3) is 3.65. The summed E-state index contributed by atoms with van der Waals surface area (Å²) in [6.07, 6.45) is 2.30. The van der Waals surface area contributed by atoms with Crippen LogP contribution in [-0.4, -0.2) is 20.1 Å². The van der Waals surface area contributed by atoms with Gasteiger partial charge in [-0.2, -0.15) is 0 Å². The minimum Gasteiger partial charge on any atom is -0.497 e. The molecule has 0 bridgehead atoms. The maximum Gasteiger partial charge on any atom is 0.251 e. The standard InChI is InChI=1S/C19H21NO3/c1-22-16-10-8-14(9-11-16)18(13-6-7-13)20-19(21)15-4-3-5-17(12-15)23-2/h3-5,8-13,18H,6-7H2,1-2H3,(H,20,21). The number of hydrogen-bond acceptors (Lipinski definition) is 3. The highest BCUT2D eigenvalue weighted by Crippen LogP contribution is 2.41. The Morgan fingerprint density at radius 2 is 1.74 bits per heavy atom. The molecule has 1 aliphatic carbocycles. The van der Waals surface area contributed by atoms with Gasteiger partial charge < -0.3 is 14.8 Å². The van der Waals surface area contributed by atoms with Gasteiger partial charge in [0.15, 0.2) is 0 Å². The fraction of sp³-hybridized carbons (Fsp3) is 0.316. The maximum absolute atomic E-state index is 12.6. The third-order valence-electron chi connectivity index (χ3n) is 4.19. The van der Waals surface area contributed by atoms with Gasteiger partial charge in [-0.15, -0.1) is 0 Å². The summed E-state index contributed by atoms with van der Waals surface area (Å²) >= 11 is 0. The summed E-state index contributed by atoms with van der Waals surface area (Å²) in [7, 11) is 3.25. The average Bonchev–Trinajstić information content (AvgIpc) is 3.44. The molecule has 4 nitrogen and oxygen atoms in total. The molecule has 0 spiro atoms. The van der Waals surface area contributed by atoms with E-state index in [0.29, 0.717) is 17.2 Å². The topological polar surface area (TPSA) is 47.6 Å². The van der Waals surface area contributed by atoms with E-state index in [1.54, 1.807) is 26.4 Å². The van der Waals surface area contributed by atoms with Crippen molar-refractivity contribution in [2.75, 3.05) is 14.2 Å². The molecule has 1 amide bonds. The predicted octanol–water partition coefficient (Wildman–Crippen LogP) is 3.58. The van der Waals surface area contributed by atoms with E-state index in [1.165, 1.54) is 0 Å². The van der Waals surface area contributed by atoms with Gasteiger partial charge in [0.2, 0.25) is 0 Å². The molecule has 3 rings (SSSR count). The second-order valence-electron chi connectivity index (χ2n) is 5.79. The molecular weight excluding hydrogens is 290 g/mol. The van der Waals surface area contributed by atoms with Crippen LogP contribution in [0.2, 0.25) is 0 Å². The minimum absolute atomic E-state index is 0.0413. The summed E-state index contributed by atoms with van der Waals surface area (Å²) in [5, 5.41) is 3.17. The van der Waals surface area contributed by atoms with Crippen LogP contribution in [0.15, 0.2) is 48.5 Å². The van der Waals surface area contributed by atoms with Crippen molar-refractivity contribution in [3.63, 3.8) is 0 Å². The monoisotopic (exact) mass is 311 g/mol. The van der Waals surface area contributed by atoms with Crippen LogP contribution >= 0.6 is 0 Å². The summed E-state index contributed by atoms with van der Waals surface area (Å²) in [5.74, 6) is 1.95. The highest BCUT2D eigenvalue weighted by atomic mass is 16.5. The Hall–Kier alpha value is -2.49. The van der Waals surface area contributed by atoms with E-state index in [2.05, 4.69) is 5.32 Å². The Morgan fingerprint density at radius 3 is 2.35 bits per heavy atom.